The zero-order chi connectivity index (χ0) is 23.5. The quantitative estimate of drug-likeness (QED) is 0.481. The van der Waals surface area contributed by atoms with Gasteiger partial charge < -0.3 is 24.8 Å². The minimum Gasteiger partial charge on any atom is -0.494 e. The van der Waals surface area contributed by atoms with Gasteiger partial charge in [0.1, 0.15) is 11.8 Å². The molecule has 1 aromatic carbocycles. The number of carbonyl (C=O) groups excluding carboxylic acids is 1. The van der Waals surface area contributed by atoms with Crippen LogP contribution in [-0.2, 0) is 4.79 Å². The Morgan fingerprint density at radius 1 is 1.24 bits per heavy atom. The fourth-order valence-corrected chi connectivity index (χ4v) is 4.58. The number of hydrogen-bond acceptors (Lipinski definition) is 4. The Hall–Kier alpha value is -3.39. The molecule has 1 saturated heterocycles. The molecule has 4 rings (SSSR count). The van der Waals surface area contributed by atoms with E-state index in [1.165, 1.54) is 0 Å². The average Bonchev–Trinajstić information content (AvgIpc) is 3.44. The summed E-state index contributed by atoms with van der Waals surface area (Å²) < 4.78 is 7.86. The monoisotopic (exact) mass is 463 g/mol. The van der Waals surface area contributed by atoms with Crippen LogP contribution in [0.25, 0.3) is 0 Å². The van der Waals surface area contributed by atoms with Gasteiger partial charge in [-0.3, -0.25) is 9.78 Å². The number of nitrogens with zero attached hydrogens (tertiary/aromatic N) is 3. The lowest BCUT2D eigenvalue weighted by molar-refractivity contribution is -0.115. The van der Waals surface area contributed by atoms with Crippen molar-refractivity contribution in [1.82, 2.24) is 14.9 Å². The Kier molecular flexibility index (Phi) is 6.65. The van der Waals surface area contributed by atoms with Gasteiger partial charge in [-0.25, -0.2) is 0 Å². The van der Waals surface area contributed by atoms with E-state index in [0.717, 1.165) is 17.1 Å². The first-order valence-electron chi connectivity index (χ1n) is 11.1. The third kappa shape index (κ3) is 4.43. The molecule has 0 bridgehead atoms. The highest BCUT2D eigenvalue weighted by Crippen LogP contribution is 2.43. The van der Waals surface area contributed by atoms with Gasteiger partial charge in [0, 0.05) is 42.3 Å². The predicted molar refractivity (Wildman–Crippen MR) is 135 cm³/mol. The zero-order valence-electron chi connectivity index (χ0n) is 19.3. The van der Waals surface area contributed by atoms with Crippen molar-refractivity contribution in [2.45, 2.75) is 45.3 Å². The van der Waals surface area contributed by atoms with Crippen molar-refractivity contribution in [2.24, 2.45) is 0 Å². The largest absolute Gasteiger partial charge is 0.494 e. The lowest BCUT2D eigenvalue weighted by Gasteiger charge is -2.30. The Morgan fingerprint density at radius 3 is 2.73 bits per heavy atom. The first-order valence-corrected chi connectivity index (χ1v) is 11.5. The van der Waals surface area contributed by atoms with Gasteiger partial charge in [-0.2, -0.15) is 0 Å². The van der Waals surface area contributed by atoms with E-state index in [1.54, 1.807) is 13.3 Å². The molecule has 2 N–H and O–H groups in total. The van der Waals surface area contributed by atoms with Crippen LogP contribution in [0.3, 0.4) is 0 Å². The third-order valence-electron chi connectivity index (χ3n) is 5.83. The summed E-state index contributed by atoms with van der Waals surface area (Å²) in [5.74, 6) is 0.513. The third-order valence-corrected chi connectivity index (χ3v) is 6.14. The van der Waals surface area contributed by atoms with E-state index < -0.39 is 0 Å². The standard InChI is InChI=1S/C25H29N5O2S/c1-5-22(31)27-18-12-11-17(15-21(18)32-4)30-24(20-10-8-14-29(20)16(2)3)23(28-25(30)33)19-9-6-7-13-26-19/h6-16,23-24H,5H2,1-4H3,(H,27,31)(H,28,33). The smallest absolute Gasteiger partial charge is 0.224 e. The van der Waals surface area contributed by atoms with Gasteiger partial charge >= 0.3 is 0 Å². The highest BCUT2D eigenvalue weighted by atomic mass is 32.1. The number of methoxy groups -OCH3 is 1. The van der Waals surface area contributed by atoms with Crippen LogP contribution in [0.2, 0.25) is 0 Å². The number of nitrogens with one attached hydrogen (secondary N) is 2. The molecule has 0 radical (unpaired) electrons. The van der Waals surface area contributed by atoms with Crippen LogP contribution in [0.1, 0.15) is 56.7 Å². The molecule has 1 amide bonds. The first-order chi connectivity index (χ1) is 15.9. The van der Waals surface area contributed by atoms with Crippen LogP contribution >= 0.6 is 12.2 Å². The van der Waals surface area contributed by atoms with Crippen LogP contribution in [-0.4, -0.2) is 27.7 Å². The maximum absolute atomic E-state index is 11.9. The Labute approximate surface area is 199 Å². The molecule has 2 aromatic heterocycles. The van der Waals surface area contributed by atoms with E-state index in [0.29, 0.717) is 23.0 Å². The summed E-state index contributed by atoms with van der Waals surface area (Å²) in [5, 5.41) is 6.99. The van der Waals surface area contributed by atoms with E-state index in [2.05, 4.69) is 57.3 Å². The van der Waals surface area contributed by atoms with Crippen molar-refractivity contribution >= 4 is 34.6 Å². The second-order valence-corrected chi connectivity index (χ2v) is 8.60. The van der Waals surface area contributed by atoms with Gasteiger partial charge in [-0.15, -0.1) is 0 Å². The van der Waals surface area contributed by atoms with Crippen molar-refractivity contribution in [3.05, 3.63) is 72.3 Å². The molecule has 1 aliphatic rings. The lowest BCUT2D eigenvalue weighted by Crippen LogP contribution is -2.30. The normalized spacial score (nSPS) is 17.8. The molecule has 8 heteroatoms. The van der Waals surface area contributed by atoms with E-state index >= 15 is 0 Å². The van der Waals surface area contributed by atoms with E-state index in [4.69, 9.17) is 17.0 Å². The average molecular weight is 464 g/mol. The molecule has 0 saturated carbocycles. The maximum Gasteiger partial charge on any atom is 0.224 e. The molecule has 3 aromatic rings. The summed E-state index contributed by atoms with van der Waals surface area (Å²) in [5.41, 5.74) is 3.56. The van der Waals surface area contributed by atoms with Crippen molar-refractivity contribution < 1.29 is 9.53 Å². The number of thiocarbonyl (C=S) groups is 1. The first kappa shape index (κ1) is 22.8. The van der Waals surface area contributed by atoms with Gasteiger partial charge in [-0.1, -0.05) is 13.0 Å². The number of benzene rings is 1. The van der Waals surface area contributed by atoms with E-state index in [1.807, 2.05) is 43.3 Å². The van der Waals surface area contributed by atoms with E-state index in [-0.39, 0.29) is 24.0 Å². The highest BCUT2D eigenvalue weighted by molar-refractivity contribution is 7.80. The second kappa shape index (κ2) is 9.62. The molecule has 1 aliphatic heterocycles. The summed E-state index contributed by atoms with van der Waals surface area (Å²) in [7, 11) is 1.60. The SMILES string of the molecule is CCC(=O)Nc1ccc(N2C(=S)NC(c3ccccn3)C2c2cccn2C(C)C)cc1OC. The number of aromatic nitrogens is 2. The minimum atomic E-state index is -0.128. The summed E-state index contributed by atoms with van der Waals surface area (Å²) in [6, 6.07) is 15.9. The molecule has 0 aliphatic carbocycles. The van der Waals surface area contributed by atoms with Gasteiger partial charge in [-0.05, 0) is 62.5 Å². The zero-order valence-corrected chi connectivity index (χ0v) is 20.1. The van der Waals surface area contributed by atoms with Crippen molar-refractivity contribution in [3.63, 3.8) is 0 Å². The number of amides is 1. The van der Waals surface area contributed by atoms with Crippen molar-refractivity contribution in [2.75, 3.05) is 17.3 Å². The highest BCUT2D eigenvalue weighted by Gasteiger charge is 2.42. The Balaban J connectivity index is 1.81. The molecule has 33 heavy (non-hydrogen) atoms. The minimum absolute atomic E-state index is 0.0673. The maximum atomic E-state index is 11.9. The molecular formula is C25H29N5O2S. The second-order valence-electron chi connectivity index (χ2n) is 8.22. The van der Waals surface area contributed by atoms with Crippen molar-refractivity contribution in [1.29, 1.82) is 0 Å². The summed E-state index contributed by atoms with van der Waals surface area (Å²) in [6.45, 7) is 6.15. The van der Waals surface area contributed by atoms with Gasteiger partial charge in [0.05, 0.1) is 24.5 Å². The molecule has 7 nitrogen and oxygen atoms in total. The van der Waals surface area contributed by atoms with Crippen LogP contribution in [0.5, 0.6) is 5.75 Å². The predicted octanol–water partition coefficient (Wildman–Crippen LogP) is 5.00. The van der Waals surface area contributed by atoms with Gasteiger partial charge in [0.15, 0.2) is 5.11 Å². The van der Waals surface area contributed by atoms with E-state index in [9.17, 15) is 4.79 Å². The molecule has 2 unspecified atom stereocenters. The lowest BCUT2D eigenvalue weighted by atomic mass is 10.0. The number of pyridine rings is 1. The van der Waals surface area contributed by atoms with Gasteiger partial charge in [0.25, 0.3) is 0 Å². The molecule has 3 heterocycles. The summed E-state index contributed by atoms with van der Waals surface area (Å²) >= 11 is 5.83. The molecule has 172 valence electrons. The topological polar surface area (TPSA) is 71.4 Å². The fraction of sp³-hybridized carbons (Fsp3) is 0.320. The molecule has 1 fully saturated rings. The number of carbonyl (C=O) groups is 1. The molecular weight excluding hydrogens is 434 g/mol. The van der Waals surface area contributed by atoms with Crippen LogP contribution < -0.4 is 20.3 Å². The summed E-state index contributed by atoms with van der Waals surface area (Å²) in [6.07, 6.45) is 4.29. The summed E-state index contributed by atoms with van der Waals surface area (Å²) in [4.78, 5) is 18.7. The Morgan fingerprint density at radius 2 is 2.06 bits per heavy atom. The molecule has 0 spiro atoms. The van der Waals surface area contributed by atoms with Crippen LogP contribution in [0.15, 0.2) is 60.9 Å². The van der Waals surface area contributed by atoms with Crippen molar-refractivity contribution in [3.8, 4) is 5.75 Å². The fourth-order valence-electron chi connectivity index (χ4n) is 4.23. The van der Waals surface area contributed by atoms with Gasteiger partial charge in [0.2, 0.25) is 5.91 Å². The van der Waals surface area contributed by atoms with Crippen LogP contribution in [0.4, 0.5) is 11.4 Å². The number of rotatable bonds is 7. The Bertz CT molecular complexity index is 1140. The molecule has 2 atom stereocenters. The number of hydrogen-bond donors (Lipinski definition) is 2. The van der Waals surface area contributed by atoms with Crippen LogP contribution in [0, 0.1) is 0 Å². The number of ether oxygens (including phenoxy) is 1. The number of anilines is 2.